The van der Waals surface area contributed by atoms with E-state index in [0.29, 0.717) is 4.88 Å². The Morgan fingerprint density at radius 2 is 2.12 bits per heavy atom. The number of hydrogen-bond acceptors (Lipinski definition) is 4. The first-order valence-corrected chi connectivity index (χ1v) is 5.51. The lowest BCUT2D eigenvalue weighted by Gasteiger charge is -2.04. The normalized spacial score (nSPS) is 9.81. The number of methoxy groups -OCH3 is 1. The number of hydrogen-bond donors (Lipinski definition) is 1. The van der Waals surface area contributed by atoms with E-state index in [-0.39, 0.29) is 5.91 Å². The number of ether oxygens (including phenoxy) is 1. The molecule has 0 saturated heterocycles. The molecular weight excluding hydrogens is 224 g/mol. The number of nitrogens with zero attached hydrogens (tertiary/aromatic N) is 1. The van der Waals surface area contributed by atoms with Gasteiger partial charge < -0.3 is 10.1 Å². The summed E-state index contributed by atoms with van der Waals surface area (Å²) in [5.74, 6) is 0.614. The third kappa shape index (κ3) is 2.38. The van der Waals surface area contributed by atoms with Gasteiger partial charge in [0.15, 0.2) is 0 Å². The van der Waals surface area contributed by atoms with Crippen molar-refractivity contribution < 1.29 is 9.53 Å². The first kappa shape index (κ1) is 10.6. The van der Waals surface area contributed by atoms with Crippen LogP contribution in [-0.2, 0) is 0 Å². The Kier molecular flexibility index (Phi) is 3.16. The highest BCUT2D eigenvalue weighted by atomic mass is 32.1. The van der Waals surface area contributed by atoms with Crippen LogP contribution < -0.4 is 10.1 Å². The predicted octanol–water partition coefficient (Wildman–Crippen LogP) is 2.40. The molecule has 1 aromatic heterocycles. The predicted molar refractivity (Wildman–Crippen MR) is 63.1 cm³/mol. The number of carbonyl (C=O) groups is 1. The van der Waals surface area contributed by atoms with E-state index >= 15 is 0 Å². The van der Waals surface area contributed by atoms with Gasteiger partial charge in [-0.2, -0.15) is 0 Å². The molecular formula is C11H10N2O2S. The van der Waals surface area contributed by atoms with Crippen molar-refractivity contribution in [3.63, 3.8) is 0 Å². The third-order valence-electron chi connectivity index (χ3n) is 2.00. The number of amides is 1. The van der Waals surface area contributed by atoms with Gasteiger partial charge in [-0.15, -0.1) is 11.3 Å². The number of thiazole rings is 1. The summed E-state index contributed by atoms with van der Waals surface area (Å²) in [4.78, 5) is 16.1. The molecule has 0 aliphatic rings. The second-order valence-corrected chi connectivity index (χ2v) is 3.93. The van der Waals surface area contributed by atoms with E-state index in [1.54, 1.807) is 43.1 Å². The fraction of sp³-hybridized carbons (Fsp3) is 0.0909. The summed E-state index contributed by atoms with van der Waals surface area (Å²) in [6.45, 7) is 0. The number of rotatable bonds is 3. The van der Waals surface area contributed by atoms with Crippen molar-refractivity contribution in [1.29, 1.82) is 0 Å². The standard InChI is InChI=1S/C11H10N2O2S/c1-15-9-4-2-8(3-5-9)13-11(14)10-6-12-7-16-10/h2-7H,1H3,(H,13,14). The SMILES string of the molecule is COc1ccc(NC(=O)c2cncs2)cc1. The Balaban J connectivity index is 2.06. The van der Waals surface area contributed by atoms with E-state index in [1.165, 1.54) is 11.3 Å². The molecule has 5 heteroatoms. The van der Waals surface area contributed by atoms with Gasteiger partial charge in [-0.3, -0.25) is 9.78 Å². The molecule has 1 aromatic carbocycles. The zero-order valence-corrected chi connectivity index (χ0v) is 9.45. The monoisotopic (exact) mass is 234 g/mol. The van der Waals surface area contributed by atoms with Gasteiger partial charge in [0, 0.05) is 5.69 Å². The van der Waals surface area contributed by atoms with Gasteiger partial charge in [0.1, 0.15) is 10.6 Å². The number of aromatic nitrogens is 1. The summed E-state index contributed by atoms with van der Waals surface area (Å²) in [5, 5.41) is 2.77. The van der Waals surface area contributed by atoms with Gasteiger partial charge >= 0.3 is 0 Å². The van der Waals surface area contributed by atoms with E-state index in [9.17, 15) is 4.79 Å². The van der Waals surface area contributed by atoms with E-state index in [1.807, 2.05) is 0 Å². The van der Waals surface area contributed by atoms with E-state index in [4.69, 9.17) is 4.74 Å². The topological polar surface area (TPSA) is 51.2 Å². The quantitative estimate of drug-likeness (QED) is 0.887. The van der Waals surface area contributed by atoms with E-state index < -0.39 is 0 Å². The van der Waals surface area contributed by atoms with Crippen LogP contribution in [0.3, 0.4) is 0 Å². The molecule has 0 aliphatic carbocycles. The van der Waals surface area contributed by atoms with Gasteiger partial charge in [0.05, 0.1) is 18.8 Å². The molecule has 1 N–H and O–H groups in total. The summed E-state index contributed by atoms with van der Waals surface area (Å²) >= 11 is 1.31. The lowest BCUT2D eigenvalue weighted by molar-refractivity contribution is 0.103. The summed E-state index contributed by atoms with van der Waals surface area (Å²) in [6.07, 6.45) is 1.55. The summed E-state index contributed by atoms with van der Waals surface area (Å²) in [5.41, 5.74) is 2.36. The minimum atomic E-state index is -0.146. The van der Waals surface area contributed by atoms with Gasteiger partial charge in [0.25, 0.3) is 5.91 Å². The molecule has 2 aromatic rings. The highest BCUT2D eigenvalue weighted by Gasteiger charge is 2.07. The van der Waals surface area contributed by atoms with Crippen LogP contribution in [0.5, 0.6) is 5.75 Å². The van der Waals surface area contributed by atoms with Crippen molar-refractivity contribution >= 4 is 22.9 Å². The van der Waals surface area contributed by atoms with Crippen LogP contribution in [0.1, 0.15) is 9.67 Å². The number of carbonyl (C=O) groups excluding carboxylic acids is 1. The van der Waals surface area contributed by atoms with Crippen LogP contribution in [-0.4, -0.2) is 18.0 Å². The Bertz CT molecular complexity index is 465. The van der Waals surface area contributed by atoms with E-state index in [0.717, 1.165) is 11.4 Å². The van der Waals surface area contributed by atoms with Gasteiger partial charge in [-0.25, -0.2) is 0 Å². The number of nitrogens with one attached hydrogen (secondary N) is 1. The maximum atomic E-state index is 11.7. The highest BCUT2D eigenvalue weighted by molar-refractivity contribution is 7.11. The first-order valence-electron chi connectivity index (χ1n) is 4.63. The molecule has 0 saturated carbocycles. The molecule has 0 radical (unpaired) electrons. The van der Waals surface area contributed by atoms with E-state index in [2.05, 4.69) is 10.3 Å². The second-order valence-electron chi connectivity index (χ2n) is 3.05. The fourth-order valence-electron chi connectivity index (χ4n) is 1.19. The Labute approximate surface area is 96.9 Å². The molecule has 0 fully saturated rings. The maximum absolute atomic E-state index is 11.7. The number of anilines is 1. The molecule has 0 aliphatic heterocycles. The molecule has 1 amide bonds. The lowest BCUT2D eigenvalue weighted by atomic mass is 10.3. The van der Waals surface area contributed by atoms with Crippen LogP contribution in [0.25, 0.3) is 0 Å². The average molecular weight is 234 g/mol. The average Bonchev–Trinajstić information content (AvgIpc) is 2.83. The van der Waals surface area contributed by atoms with Crippen molar-refractivity contribution in [2.24, 2.45) is 0 Å². The number of benzene rings is 1. The molecule has 0 bridgehead atoms. The molecule has 82 valence electrons. The largest absolute Gasteiger partial charge is 0.497 e. The highest BCUT2D eigenvalue weighted by Crippen LogP contribution is 2.16. The van der Waals surface area contributed by atoms with Crippen LogP contribution in [0, 0.1) is 0 Å². The summed E-state index contributed by atoms with van der Waals surface area (Å²) < 4.78 is 5.03. The molecule has 0 spiro atoms. The molecule has 1 heterocycles. The fourth-order valence-corrected chi connectivity index (χ4v) is 1.71. The van der Waals surface area contributed by atoms with Gasteiger partial charge in [0.2, 0.25) is 0 Å². The minimum Gasteiger partial charge on any atom is -0.497 e. The molecule has 4 nitrogen and oxygen atoms in total. The van der Waals surface area contributed by atoms with Gasteiger partial charge in [-0.05, 0) is 24.3 Å². The zero-order chi connectivity index (χ0) is 11.4. The second kappa shape index (κ2) is 4.76. The Morgan fingerprint density at radius 3 is 2.69 bits per heavy atom. The maximum Gasteiger partial charge on any atom is 0.267 e. The summed E-state index contributed by atoms with van der Waals surface area (Å²) in [7, 11) is 1.60. The first-order chi connectivity index (χ1) is 7.79. The van der Waals surface area contributed by atoms with Crippen LogP contribution in [0.15, 0.2) is 36.0 Å². The summed E-state index contributed by atoms with van der Waals surface area (Å²) in [6, 6.07) is 7.17. The van der Waals surface area contributed by atoms with Crippen molar-refractivity contribution in [2.75, 3.05) is 12.4 Å². The van der Waals surface area contributed by atoms with Crippen LogP contribution >= 0.6 is 11.3 Å². The molecule has 0 unspecified atom stereocenters. The Morgan fingerprint density at radius 1 is 1.38 bits per heavy atom. The molecule has 2 rings (SSSR count). The minimum absolute atomic E-state index is 0.146. The smallest absolute Gasteiger partial charge is 0.267 e. The molecule has 16 heavy (non-hydrogen) atoms. The van der Waals surface area contributed by atoms with Crippen molar-refractivity contribution in [3.8, 4) is 5.75 Å². The van der Waals surface area contributed by atoms with Crippen LogP contribution in [0.4, 0.5) is 5.69 Å². The van der Waals surface area contributed by atoms with Crippen molar-refractivity contribution in [3.05, 3.63) is 40.8 Å². The van der Waals surface area contributed by atoms with Crippen molar-refractivity contribution in [1.82, 2.24) is 4.98 Å². The third-order valence-corrected chi connectivity index (χ3v) is 2.78. The van der Waals surface area contributed by atoms with Crippen molar-refractivity contribution in [2.45, 2.75) is 0 Å². The van der Waals surface area contributed by atoms with Crippen LogP contribution in [0.2, 0.25) is 0 Å². The zero-order valence-electron chi connectivity index (χ0n) is 8.64. The van der Waals surface area contributed by atoms with Gasteiger partial charge in [-0.1, -0.05) is 0 Å². The Hall–Kier alpha value is -1.88. The lowest BCUT2D eigenvalue weighted by Crippen LogP contribution is -2.09. The molecule has 0 atom stereocenters.